The Hall–Kier alpha value is -3.40. The second-order valence-corrected chi connectivity index (χ2v) is 7.29. The molecule has 0 radical (unpaired) electrons. The normalized spacial score (nSPS) is 19.9. The van der Waals surface area contributed by atoms with Gasteiger partial charge in [0.05, 0.1) is 23.1 Å². The molecule has 156 valence electrons. The number of hydrogen-bond acceptors (Lipinski definition) is 8. The summed E-state index contributed by atoms with van der Waals surface area (Å²) >= 11 is 0. The predicted molar refractivity (Wildman–Crippen MR) is 106 cm³/mol. The maximum absolute atomic E-state index is 12.7. The summed E-state index contributed by atoms with van der Waals surface area (Å²) in [4.78, 5) is 26.8. The molecule has 2 atom stereocenters. The average molecular weight is 412 g/mol. The number of rotatable bonds is 6. The second kappa shape index (κ2) is 7.79. The zero-order chi connectivity index (χ0) is 21.3. The number of halogens is 1. The van der Waals surface area contributed by atoms with Crippen LogP contribution in [0.4, 0.5) is 10.3 Å². The fourth-order valence-electron chi connectivity index (χ4n) is 3.22. The van der Waals surface area contributed by atoms with E-state index in [1.165, 1.54) is 11.0 Å². The number of nitrogens with zero attached hydrogens (tertiary/aromatic N) is 5. The van der Waals surface area contributed by atoms with Crippen molar-refractivity contribution in [3.8, 4) is 22.8 Å². The second-order valence-electron chi connectivity index (χ2n) is 7.29. The van der Waals surface area contributed by atoms with Crippen LogP contribution in [0.25, 0.3) is 22.8 Å². The number of pyridine rings is 1. The van der Waals surface area contributed by atoms with E-state index in [0.717, 1.165) is 0 Å². The molecule has 0 saturated carbocycles. The highest BCUT2D eigenvalue weighted by molar-refractivity contribution is 5.87. The molecule has 2 unspecified atom stereocenters. The van der Waals surface area contributed by atoms with Crippen LogP contribution in [-0.4, -0.2) is 62.3 Å². The standard InChI is InChI=1S/C20H21FN6O3/c1-12(11-21)23-19-22-8-6-15(25-19)13-4-3-5-14(24-13)16-10-17(30-26-16)20(29)7-9-27(2)18(20)28/h3-6,8,10,12,29H,7,9,11H2,1-2H3,(H,22,23,25). The fraction of sp³-hybridized carbons (Fsp3) is 0.350. The van der Waals surface area contributed by atoms with Crippen LogP contribution >= 0.6 is 0 Å². The number of aromatic nitrogens is 4. The lowest BCUT2D eigenvalue weighted by Crippen LogP contribution is -2.35. The molecule has 0 aliphatic carbocycles. The number of carbonyl (C=O) groups excluding carboxylic acids is 1. The third-order valence-corrected chi connectivity index (χ3v) is 4.96. The highest BCUT2D eigenvalue weighted by Gasteiger charge is 2.48. The van der Waals surface area contributed by atoms with Crippen molar-refractivity contribution in [3.05, 3.63) is 42.3 Å². The van der Waals surface area contributed by atoms with Gasteiger partial charge in [0.25, 0.3) is 5.91 Å². The van der Waals surface area contributed by atoms with E-state index in [0.29, 0.717) is 35.3 Å². The molecule has 0 bridgehead atoms. The van der Waals surface area contributed by atoms with Crippen molar-refractivity contribution < 1.29 is 18.8 Å². The summed E-state index contributed by atoms with van der Waals surface area (Å²) in [5, 5.41) is 17.6. The number of alkyl halides is 1. The molecule has 1 aliphatic heterocycles. The number of hydrogen-bond donors (Lipinski definition) is 2. The zero-order valence-corrected chi connectivity index (χ0v) is 16.5. The molecule has 1 amide bonds. The van der Waals surface area contributed by atoms with Gasteiger partial charge in [-0.25, -0.2) is 19.3 Å². The Morgan fingerprint density at radius 1 is 1.27 bits per heavy atom. The minimum absolute atomic E-state index is 0.0905. The van der Waals surface area contributed by atoms with Gasteiger partial charge < -0.3 is 19.8 Å². The Morgan fingerprint density at radius 2 is 2.00 bits per heavy atom. The molecular weight excluding hydrogens is 391 g/mol. The Bertz CT molecular complexity index is 1070. The molecule has 30 heavy (non-hydrogen) atoms. The molecule has 0 aromatic carbocycles. The third-order valence-electron chi connectivity index (χ3n) is 4.96. The number of likely N-dealkylation sites (tertiary alicyclic amines) is 1. The Morgan fingerprint density at radius 3 is 2.70 bits per heavy atom. The first kappa shape index (κ1) is 19.9. The van der Waals surface area contributed by atoms with Gasteiger partial charge in [-0.2, -0.15) is 0 Å². The van der Waals surface area contributed by atoms with Crippen LogP contribution in [0, 0.1) is 0 Å². The van der Waals surface area contributed by atoms with Gasteiger partial charge in [-0.15, -0.1) is 0 Å². The first-order valence-corrected chi connectivity index (χ1v) is 9.49. The van der Waals surface area contributed by atoms with Crippen LogP contribution < -0.4 is 5.32 Å². The maximum Gasteiger partial charge on any atom is 0.262 e. The van der Waals surface area contributed by atoms with Crippen LogP contribution in [0.1, 0.15) is 19.1 Å². The van der Waals surface area contributed by atoms with Crippen LogP contribution in [0.15, 0.2) is 41.1 Å². The van der Waals surface area contributed by atoms with Crippen molar-refractivity contribution in [2.45, 2.75) is 25.0 Å². The molecule has 2 N–H and O–H groups in total. The SMILES string of the molecule is CC(CF)Nc1nccc(-c2cccc(-c3cc(C4(O)CCN(C)C4=O)on3)n2)n1. The molecule has 9 nitrogen and oxygen atoms in total. The van der Waals surface area contributed by atoms with Crippen LogP contribution in [0.2, 0.25) is 0 Å². The van der Waals surface area contributed by atoms with E-state index >= 15 is 0 Å². The van der Waals surface area contributed by atoms with Gasteiger partial charge in [0, 0.05) is 32.3 Å². The Kier molecular flexibility index (Phi) is 5.17. The van der Waals surface area contributed by atoms with Crippen LogP contribution in [-0.2, 0) is 10.4 Å². The minimum atomic E-state index is -1.71. The van der Waals surface area contributed by atoms with Gasteiger partial charge in [0.1, 0.15) is 12.4 Å². The topological polar surface area (TPSA) is 117 Å². The van der Waals surface area contributed by atoms with E-state index in [-0.39, 0.29) is 12.2 Å². The van der Waals surface area contributed by atoms with E-state index in [4.69, 9.17) is 4.52 Å². The van der Waals surface area contributed by atoms with E-state index in [1.807, 2.05) is 0 Å². The lowest BCUT2D eigenvalue weighted by Gasteiger charge is -2.16. The van der Waals surface area contributed by atoms with E-state index in [1.54, 1.807) is 44.4 Å². The molecule has 4 heterocycles. The van der Waals surface area contributed by atoms with Crippen molar-refractivity contribution >= 4 is 11.9 Å². The predicted octanol–water partition coefficient (Wildman–Crippen LogP) is 2.01. The van der Waals surface area contributed by atoms with E-state index in [2.05, 4.69) is 25.4 Å². The van der Waals surface area contributed by atoms with Crippen LogP contribution in [0.3, 0.4) is 0 Å². The molecular formula is C20H21FN6O3. The number of amides is 1. The molecule has 3 aromatic rings. The van der Waals surface area contributed by atoms with Crippen molar-refractivity contribution in [1.82, 2.24) is 25.0 Å². The monoisotopic (exact) mass is 412 g/mol. The van der Waals surface area contributed by atoms with Gasteiger partial charge in [0.15, 0.2) is 5.76 Å². The minimum Gasteiger partial charge on any atom is -0.373 e. The first-order valence-electron chi connectivity index (χ1n) is 9.49. The Balaban J connectivity index is 1.62. The third kappa shape index (κ3) is 3.61. The summed E-state index contributed by atoms with van der Waals surface area (Å²) in [6.45, 7) is 1.59. The zero-order valence-electron chi connectivity index (χ0n) is 16.5. The van der Waals surface area contributed by atoms with Gasteiger partial charge in [-0.3, -0.25) is 4.79 Å². The molecule has 1 saturated heterocycles. The largest absolute Gasteiger partial charge is 0.373 e. The highest BCUT2D eigenvalue weighted by Crippen LogP contribution is 2.34. The lowest BCUT2D eigenvalue weighted by molar-refractivity contribution is -0.144. The number of anilines is 1. The fourth-order valence-corrected chi connectivity index (χ4v) is 3.22. The summed E-state index contributed by atoms with van der Waals surface area (Å²) in [6.07, 6.45) is 1.80. The van der Waals surface area contributed by atoms with Gasteiger partial charge >= 0.3 is 0 Å². The smallest absolute Gasteiger partial charge is 0.262 e. The van der Waals surface area contributed by atoms with Gasteiger partial charge in [0.2, 0.25) is 11.5 Å². The average Bonchev–Trinajstić information content (AvgIpc) is 3.36. The number of aliphatic hydroxyl groups is 1. The van der Waals surface area contributed by atoms with Crippen molar-refractivity contribution in [2.75, 3.05) is 25.6 Å². The molecule has 0 spiro atoms. The summed E-state index contributed by atoms with van der Waals surface area (Å²) < 4.78 is 18.0. The first-order chi connectivity index (χ1) is 14.4. The summed E-state index contributed by atoms with van der Waals surface area (Å²) in [7, 11) is 1.63. The van der Waals surface area contributed by atoms with E-state index < -0.39 is 24.2 Å². The lowest BCUT2D eigenvalue weighted by atomic mass is 9.98. The van der Waals surface area contributed by atoms with Gasteiger partial charge in [-0.05, 0) is 25.1 Å². The quantitative estimate of drug-likeness (QED) is 0.631. The van der Waals surface area contributed by atoms with Crippen molar-refractivity contribution in [2.24, 2.45) is 0 Å². The molecule has 3 aromatic heterocycles. The van der Waals surface area contributed by atoms with Crippen LogP contribution in [0.5, 0.6) is 0 Å². The molecule has 10 heteroatoms. The Labute approximate surface area is 172 Å². The maximum atomic E-state index is 12.7. The molecule has 1 fully saturated rings. The summed E-state index contributed by atoms with van der Waals surface area (Å²) in [5.41, 5.74) is 0.287. The molecule has 1 aliphatic rings. The van der Waals surface area contributed by atoms with Crippen molar-refractivity contribution in [3.63, 3.8) is 0 Å². The van der Waals surface area contributed by atoms with Gasteiger partial charge in [-0.1, -0.05) is 11.2 Å². The highest BCUT2D eigenvalue weighted by atomic mass is 19.1. The summed E-state index contributed by atoms with van der Waals surface area (Å²) in [6, 6.07) is 8.12. The van der Waals surface area contributed by atoms with E-state index in [9.17, 15) is 14.3 Å². The number of likely N-dealkylation sites (N-methyl/N-ethyl adjacent to an activating group) is 1. The molecule has 4 rings (SSSR count). The number of carbonyl (C=O) groups is 1. The van der Waals surface area contributed by atoms with Crippen molar-refractivity contribution in [1.29, 1.82) is 0 Å². The number of nitrogens with one attached hydrogen (secondary N) is 1. The summed E-state index contributed by atoms with van der Waals surface area (Å²) in [5.74, 6) is -0.0251.